The summed E-state index contributed by atoms with van der Waals surface area (Å²) in [5.41, 5.74) is 6.13. The standard InChI is InChI=1S/C12H19NO2S/c1-2-5-12(9-13,11(14)15)6-3-10-4-7-16-8-10/h4,7-8H,2-3,5-6,9,13H2,1H3,(H,14,15). The molecule has 3 nitrogen and oxygen atoms in total. The van der Waals surface area contributed by atoms with Gasteiger partial charge in [0.2, 0.25) is 0 Å². The molecule has 1 heterocycles. The third-order valence-electron chi connectivity index (χ3n) is 3.05. The van der Waals surface area contributed by atoms with Gasteiger partial charge in [-0.15, -0.1) is 0 Å². The Bertz CT molecular complexity index is 324. The van der Waals surface area contributed by atoms with Crippen molar-refractivity contribution in [3.05, 3.63) is 22.4 Å². The molecule has 16 heavy (non-hydrogen) atoms. The van der Waals surface area contributed by atoms with Gasteiger partial charge in [0.1, 0.15) is 0 Å². The van der Waals surface area contributed by atoms with E-state index in [1.807, 2.05) is 18.4 Å². The van der Waals surface area contributed by atoms with Crippen LogP contribution in [0.15, 0.2) is 16.8 Å². The van der Waals surface area contributed by atoms with Gasteiger partial charge >= 0.3 is 5.97 Å². The van der Waals surface area contributed by atoms with Crippen molar-refractivity contribution in [2.24, 2.45) is 11.1 Å². The van der Waals surface area contributed by atoms with Crippen molar-refractivity contribution >= 4 is 17.3 Å². The van der Waals surface area contributed by atoms with Crippen LogP contribution in [0.5, 0.6) is 0 Å². The molecule has 0 saturated heterocycles. The van der Waals surface area contributed by atoms with Crippen LogP contribution in [0.3, 0.4) is 0 Å². The Kier molecular flexibility index (Phi) is 4.96. The van der Waals surface area contributed by atoms with Crippen molar-refractivity contribution in [2.75, 3.05) is 6.54 Å². The average molecular weight is 241 g/mol. The van der Waals surface area contributed by atoms with Crippen LogP contribution < -0.4 is 5.73 Å². The lowest BCUT2D eigenvalue weighted by Crippen LogP contribution is -2.39. The molecule has 1 aromatic heterocycles. The largest absolute Gasteiger partial charge is 0.481 e. The summed E-state index contributed by atoms with van der Waals surface area (Å²) >= 11 is 1.64. The lowest BCUT2D eigenvalue weighted by molar-refractivity contribution is -0.149. The first-order valence-corrected chi connectivity index (χ1v) is 6.53. The second-order valence-corrected chi connectivity index (χ2v) is 4.95. The van der Waals surface area contributed by atoms with Gasteiger partial charge in [0.25, 0.3) is 0 Å². The second kappa shape index (κ2) is 6.01. The van der Waals surface area contributed by atoms with Crippen LogP contribution in [-0.2, 0) is 11.2 Å². The molecule has 0 spiro atoms. The van der Waals surface area contributed by atoms with Crippen LogP contribution in [0.25, 0.3) is 0 Å². The fourth-order valence-corrected chi connectivity index (χ4v) is 2.63. The van der Waals surface area contributed by atoms with Crippen molar-refractivity contribution in [3.8, 4) is 0 Å². The van der Waals surface area contributed by atoms with Crippen molar-refractivity contribution in [2.45, 2.75) is 32.6 Å². The highest BCUT2D eigenvalue weighted by Crippen LogP contribution is 2.29. The molecule has 0 radical (unpaired) electrons. The van der Waals surface area contributed by atoms with Gasteiger partial charge in [0, 0.05) is 6.54 Å². The third kappa shape index (κ3) is 3.06. The zero-order valence-corrected chi connectivity index (χ0v) is 10.4. The lowest BCUT2D eigenvalue weighted by Gasteiger charge is -2.27. The third-order valence-corrected chi connectivity index (χ3v) is 3.78. The van der Waals surface area contributed by atoms with E-state index in [4.69, 9.17) is 5.73 Å². The predicted molar refractivity (Wildman–Crippen MR) is 66.7 cm³/mol. The summed E-state index contributed by atoms with van der Waals surface area (Å²) in [6, 6.07) is 2.04. The first-order chi connectivity index (χ1) is 7.64. The number of carboxylic acids is 1. The molecule has 1 atom stereocenters. The van der Waals surface area contributed by atoms with E-state index in [1.54, 1.807) is 11.3 Å². The Hall–Kier alpha value is -0.870. The molecule has 90 valence electrons. The molecule has 3 N–H and O–H groups in total. The van der Waals surface area contributed by atoms with Gasteiger partial charge in [-0.2, -0.15) is 11.3 Å². The molecule has 0 saturated carbocycles. The van der Waals surface area contributed by atoms with E-state index in [2.05, 4.69) is 5.38 Å². The molecule has 0 fully saturated rings. The average Bonchev–Trinajstić information content (AvgIpc) is 2.76. The number of carbonyl (C=O) groups is 1. The minimum atomic E-state index is -0.757. The Labute approximate surface area is 100 Å². The highest BCUT2D eigenvalue weighted by atomic mass is 32.1. The predicted octanol–water partition coefficient (Wildman–Crippen LogP) is 2.51. The summed E-state index contributed by atoms with van der Waals surface area (Å²) in [5, 5.41) is 13.4. The number of hydrogen-bond donors (Lipinski definition) is 2. The van der Waals surface area contributed by atoms with Crippen LogP contribution in [-0.4, -0.2) is 17.6 Å². The summed E-state index contributed by atoms with van der Waals surface area (Å²) in [6.45, 7) is 2.22. The highest BCUT2D eigenvalue weighted by Gasteiger charge is 2.35. The molecule has 1 aromatic rings. The van der Waals surface area contributed by atoms with Gasteiger partial charge in [-0.3, -0.25) is 4.79 Å². The van der Waals surface area contributed by atoms with Crippen molar-refractivity contribution in [1.29, 1.82) is 0 Å². The van der Waals surface area contributed by atoms with Crippen molar-refractivity contribution < 1.29 is 9.90 Å². The summed E-state index contributed by atoms with van der Waals surface area (Å²) in [7, 11) is 0. The zero-order valence-electron chi connectivity index (χ0n) is 9.61. The van der Waals surface area contributed by atoms with E-state index in [0.717, 1.165) is 12.8 Å². The van der Waals surface area contributed by atoms with Gasteiger partial charge in [-0.25, -0.2) is 0 Å². The normalized spacial score (nSPS) is 14.6. The van der Waals surface area contributed by atoms with E-state index < -0.39 is 11.4 Å². The molecular weight excluding hydrogens is 222 g/mol. The maximum Gasteiger partial charge on any atom is 0.310 e. The molecule has 0 amide bonds. The van der Waals surface area contributed by atoms with E-state index in [0.29, 0.717) is 12.8 Å². The molecule has 0 aromatic carbocycles. The number of thiophene rings is 1. The topological polar surface area (TPSA) is 63.3 Å². The lowest BCUT2D eigenvalue weighted by atomic mass is 9.78. The quantitative estimate of drug-likeness (QED) is 0.771. The number of carboxylic acid groups (broad SMARTS) is 1. The SMILES string of the molecule is CCCC(CN)(CCc1ccsc1)C(=O)O. The molecule has 1 unspecified atom stereocenters. The summed E-state index contributed by atoms with van der Waals surface area (Å²) < 4.78 is 0. The minimum Gasteiger partial charge on any atom is -0.481 e. The number of rotatable bonds is 7. The van der Waals surface area contributed by atoms with Crippen molar-refractivity contribution in [3.63, 3.8) is 0 Å². The number of nitrogens with two attached hydrogens (primary N) is 1. The Morgan fingerprint density at radius 2 is 2.31 bits per heavy atom. The first kappa shape index (κ1) is 13.2. The summed E-state index contributed by atoms with van der Waals surface area (Å²) in [5.74, 6) is -0.757. The molecular formula is C12H19NO2S. The van der Waals surface area contributed by atoms with Gasteiger partial charge < -0.3 is 10.8 Å². The molecule has 0 bridgehead atoms. The van der Waals surface area contributed by atoms with Gasteiger partial charge in [0.15, 0.2) is 0 Å². The number of aliphatic carboxylic acids is 1. The summed E-state index contributed by atoms with van der Waals surface area (Å²) in [4.78, 5) is 11.3. The Morgan fingerprint density at radius 3 is 2.75 bits per heavy atom. The highest BCUT2D eigenvalue weighted by molar-refractivity contribution is 7.07. The second-order valence-electron chi connectivity index (χ2n) is 4.17. The number of aryl methyl sites for hydroxylation is 1. The molecule has 1 rings (SSSR count). The monoisotopic (exact) mass is 241 g/mol. The van der Waals surface area contributed by atoms with Crippen LogP contribution >= 0.6 is 11.3 Å². The van der Waals surface area contributed by atoms with E-state index >= 15 is 0 Å². The van der Waals surface area contributed by atoms with Crippen LogP contribution in [0.4, 0.5) is 0 Å². The Balaban J connectivity index is 2.66. The van der Waals surface area contributed by atoms with Crippen LogP contribution in [0.2, 0.25) is 0 Å². The minimum absolute atomic E-state index is 0.223. The molecule has 4 heteroatoms. The van der Waals surface area contributed by atoms with Crippen LogP contribution in [0.1, 0.15) is 31.7 Å². The molecule has 0 aliphatic heterocycles. The van der Waals surface area contributed by atoms with Crippen LogP contribution in [0, 0.1) is 5.41 Å². The summed E-state index contributed by atoms with van der Waals surface area (Å²) in [6.07, 6.45) is 2.94. The smallest absolute Gasteiger partial charge is 0.310 e. The maximum absolute atomic E-state index is 11.3. The number of hydrogen-bond acceptors (Lipinski definition) is 3. The Morgan fingerprint density at radius 1 is 1.56 bits per heavy atom. The van der Waals surface area contributed by atoms with Crippen molar-refractivity contribution in [1.82, 2.24) is 0 Å². The zero-order chi connectivity index (χ0) is 12.0. The van der Waals surface area contributed by atoms with Gasteiger partial charge in [0.05, 0.1) is 5.41 Å². The first-order valence-electron chi connectivity index (χ1n) is 5.59. The van der Waals surface area contributed by atoms with Gasteiger partial charge in [-0.05, 0) is 41.7 Å². The maximum atomic E-state index is 11.3. The van der Waals surface area contributed by atoms with E-state index in [9.17, 15) is 9.90 Å². The molecule has 0 aliphatic rings. The van der Waals surface area contributed by atoms with E-state index in [1.165, 1.54) is 5.56 Å². The molecule has 0 aliphatic carbocycles. The fourth-order valence-electron chi connectivity index (χ4n) is 1.93. The van der Waals surface area contributed by atoms with E-state index in [-0.39, 0.29) is 6.54 Å². The van der Waals surface area contributed by atoms with Gasteiger partial charge in [-0.1, -0.05) is 13.3 Å². The fraction of sp³-hybridized carbons (Fsp3) is 0.583.